The highest BCUT2D eigenvalue weighted by atomic mass is 16.2. The molecule has 1 amide bonds. The van der Waals surface area contributed by atoms with Crippen molar-refractivity contribution >= 4 is 5.91 Å². The molecule has 0 radical (unpaired) electrons. The van der Waals surface area contributed by atoms with Gasteiger partial charge in [-0.2, -0.15) is 5.10 Å². The maximum Gasteiger partial charge on any atom is 0.274 e. The minimum atomic E-state index is -0.205. The van der Waals surface area contributed by atoms with Gasteiger partial charge in [0.15, 0.2) is 0 Å². The molecule has 1 N–H and O–H groups in total. The SMILES string of the molecule is Cn1ccc(C(=O)N2CCC(c3nc(-c4cccnc4)cc(=O)[nH]3)C2)n1. The van der Waals surface area contributed by atoms with E-state index in [4.69, 9.17) is 0 Å². The van der Waals surface area contributed by atoms with Crippen molar-refractivity contribution < 1.29 is 4.79 Å². The minimum absolute atomic E-state index is 0.00742. The van der Waals surface area contributed by atoms with Crippen molar-refractivity contribution in [1.82, 2.24) is 29.6 Å². The van der Waals surface area contributed by atoms with Crippen molar-refractivity contribution in [3.05, 3.63) is 64.7 Å². The van der Waals surface area contributed by atoms with Crippen LogP contribution in [0.1, 0.15) is 28.7 Å². The van der Waals surface area contributed by atoms with E-state index in [2.05, 4.69) is 20.1 Å². The molecular weight excluding hydrogens is 332 g/mol. The van der Waals surface area contributed by atoms with Gasteiger partial charge in [-0.3, -0.25) is 19.3 Å². The van der Waals surface area contributed by atoms with E-state index in [1.54, 1.807) is 47.4 Å². The molecule has 1 fully saturated rings. The van der Waals surface area contributed by atoms with Crippen molar-refractivity contribution in [2.24, 2.45) is 7.05 Å². The lowest BCUT2D eigenvalue weighted by Gasteiger charge is -2.15. The van der Waals surface area contributed by atoms with E-state index in [9.17, 15) is 9.59 Å². The molecule has 4 heterocycles. The van der Waals surface area contributed by atoms with Gasteiger partial charge in [0.2, 0.25) is 0 Å². The van der Waals surface area contributed by atoms with Gasteiger partial charge in [-0.25, -0.2) is 4.98 Å². The fourth-order valence-electron chi connectivity index (χ4n) is 3.19. The number of nitrogens with zero attached hydrogens (tertiary/aromatic N) is 5. The molecule has 3 aromatic heterocycles. The Balaban J connectivity index is 1.56. The summed E-state index contributed by atoms with van der Waals surface area (Å²) >= 11 is 0. The summed E-state index contributed by atoms with van der Waals surface area (Å²) in [5.41, 5.74) is 1.60. The smallest absolute Gasteiger partial charge is 0.274 e. The van der Waals surface area contributed by atoms with Crippen LogP contribution in [0.5, 0.6) is 0 Å². The highest BCUT2D eigenvalue weighted by molar-refractivity contribution is 5.92. The fourth-order valence-corrected chi connectivity index (χ4v) is 3.19. The van der Waals surface area contributed by atoms with E-state index in [1.807, 2.05) is 6.07 Å². The van der Waals surface area contributed by atoms with Gasteiger partial charge in [0.1, 0.15) is 11.5 Å². The topological polar surface area (TPSA) is 96.8 Å². The summed E-state index contributed by atoms with van der Waals surface area (Å²) in [4.78, 5) is 37.9. The number of nitrogens with one attached hydrogen (secondary N) is 1. The van der Waals surface area contributed by atoms with Crippen LogP contribution in [-0.2, 0) is 7.05 Å². The molecule has 3 aromatic rings. The highest BCUT2D eigenvalue weighted by Crippen LogP contribution is 2.26. The molecule has 1 atom stereocenters. The van der Waals surface area contributed by atoms with Gasteiger partial charge in [-0.15, -0.1) is 0 Å². The number of aromatic amines is 1. The standard InChI is InChI=1S/C18H18N6O2/c1-23-7-5-14(22-23)18(26)24-8-4-13(11-24)17-20-15(9-16(25)21-17)12-3-2-6-19-10-12/h2-3,5-7,9-10,13H,4,8,11H2,1H3,(H,20,21,25). The van der Waals surface area contributed by atoms with Crippen molar-refractivity contribution in [2.45, 2.75) is 12.3 Å². The maximum absolute atomic E-state index is 12.5. The Morgan fingerprint density at radius 3 is 2.96 bits per heavy atom. The van der Waals surface area contributed by atoms with Gasteiger partial charge >= 0.3 is 0 Å². The first-order chi connectivity index (χ1) is 12.6. The van der Waals surface area contributed by atoms with Crippen LogP contribution in [0.15, 0.2) is 47.7 Å². The van der Waals surface area contributed by atoms with Crippen LogP contribution in [0.3, 0.4) is 0 Å². The average molecular weight is 350 g/mol. The van der Waals surface area contributed by atoms with Crippen molar-refractivity contribution in [2.75, 3.05) is 13.1 Å². The Morgan fingerprint density at radius 2 is 2.23 bits per heavy atom. The molecule has 8 nitrogen and oxygen atoms in total. The number of pyridine rings is 1. The minimum Gasteiger partial charge on any atom is -0.336 e. The molecule has 0 aromatic carbocycles. The zero-order valence-corrected chi connectivity index (χ0v) is 14.3. The summed E-state index contributed by atoms with van der Waals surface area (Å²) in [6.45, 7) is 1.12. The molecule has 1 saturated heterocycles. The van der Waals surface area contributed by atoms with Gasteiger partial charge in [-0.1, -0.05) is 0 Å². The lowest BCUT2D eigenvalue weighted by molar-refractivity contribution is 0.0784. The van der Waals surface area contributed by atoms with Crippen molar-refractivity contribution in [3.8, 4) is 11.3 Å². The van der Waals surface area contributed by atoms with E-state index >= 15 is 0 Å². The molecule has 132 valence electrons. The van der Waals surface area contributed by atoms with Crippen LogP contribution in [0, 0.1) is 0 Å². The number of amides is 1. The summed E-state index contributed by atoms with van der Waals surface area (Å²) in [6, 6.07) is 6.84. The van der Waals surface area contributed by atoms with Crippen molar-refractivity contribution in [3.63, 3.8) is 0 Å². The van der Waals surface area contributed by atoms with Crippen LogP contribution < -0.4 is 5.56 Å². The summed E-state index contributed by atoms with van der Waals surface area (Å²) in [5.74, 6) is 0.499. The number of hydrogen-bond acceptors (Lipinski definition) is 5. The summed E-state index contributed by atoms with van der Waals surface area (Å²) in [6.07, 6.45) is 5.85. The van der Waals surface area contributed by atoms with E-state index in [0.717, 1.165) is 12.0 Å². The number of hydrogen-bond donors (Lipinski definition) is 1. The predicted octanol–water partition coefficient (Wildman–Crippen LogP) is 1.20. The van der Waals surface area contributed by atoms with Gasteiger partial charge in [0.25, 0.3) is 11.5 Å². The fraction of sp³-hybridized carbons (Fsp3) is 0.278. The number of aromatic nitrogens is 5. The number of carbonyl (C=O) groups is 1. The van der Waals surface area contributed by atoms with E-state index in [0.29, 0.717) is 30.3 Å². The lowest BCUT2D eigenvalue weighted by Crippen LogP contribution is -2.29. The molecule has 8 heteroatoms. The van der Waals surface area contributed by atoms with Gasteiger partial charge in [0, 0.05) is 56.3 Å². The zero-order valence-electron chi connectivity index (χ0n) is 14.3. The average Bonchev–Trinajstić information content (AvgIpc) is 3.31. The first-order valence-electron chi connectivity index (χ1n) is 8.41. The first kappa shape index (κ1) is 16.2. The molecule has 0 saturated carbocycles. The third kappa shape index (κ3) is 3.13. The van der Waals surface area contributed by atoms with Crippen LogP contribution >= 0.6 is 0 Å². The Bertz CT molecular complexity index is 994. The Hall–Kier alpha value is -3.29. The molecule has 0 aliphatic carbocycles. The maximum atomic E-state index is 12.5. The van der Waals surface area contributed by atoms with Crippen molar-refractivity contribution in [1.29, 1.82) is 0 Å². The Kier molecular flexibility index (Phi) is 4.08. The predicted molar refractivity (Wildman–Crippen MR) is 94.6 cm³/mol. The largest absolute Gasteiger partial charge is 0.336 e. The zero-order chi connectivity index (χ0) is 18.1. The molecule has 26 heavy (non-hydrogen) atoms. The van der Waals surface area contributed by atoms with Gasteiger partial charge in [0.05, 0.1) is 5.69 Å². The van der Waals surface area contributed by atoms with Crippen LogP contribution in [0.4, 0.5) is 0 Å². The summed E-state index contributed by atoms with van der Waals surface area (Å²) in [7, 11) is 1.78. The number of H-pyrrole nitrogens is 1. The number of rotatable bonds is 3. The van der Waals surface area contributed by atoms with Crippen LogP contribution in [0.25, 0.3) is 11.3 Å². The molecule has 0 bridgehead atoms. The second-order valence-corrected chi connectivity index (χ2v) is 6.37. The number of likely N-dealkylation sites (tertiary alicyclic amines) is 1. The van der Waals surface area contributed by atoms with E-state index < -0.39 is 0 Å². The number of carbonyl (C=O) groups excluding carboxylic acids is 1. The van der Waals surface area contributed by atoms with Crippen LogP contribution in [0.2, 0.25) is 0 Å². The Labute approximate surface area is 149 Å². The first-order valence-corrected chi connectivity index (χ1v) is 8.41. The summed E-state index contributed by atoms with van der Waals surface area (Å²) in [5, 5.41) is 4.17. The Morgan fingerprint density at radius 1 is 1.35 bits per heavy atom. The molecule has 4 rings (SSSR count). The number of aryl methyl sites for hydroxylation is 1. The van der Waals surface area contributed by atoms with E-state index in [1.165, 1.54) is 6.07 Å². The lowest BCUT2D eigenvalue weighted by atomic mass is 10.1. The molecular formula is C18H18N6O2. The van der Waals surface area contributed by atoms with E-state index in [-0.39, 0.29) is 17.4 Å². The second kappa shape index (κ2) is 6.55. The monoisotopic (exact) mass is 350 g/mol. The third-order valence-corrected chi connectivity index (χ3v) is 4.51. The van der Waals surface area contributed by atoms with Gasteiger partial charge < -0.3 is 9.88 Å². The molecule has 0 spiro atoms. The van der Waals surface area contributed by atoms with Crippen LogP contribution in [-0.4, -0.2) is 48.6 Å². The molecule has 1 aliphatic rings. The second-order valence-electron chi connectivity index (χ2n) is 6.37. The highest BCUT2D eigenvalue weighted by Gasteiger charge is 2.30. The van der Waals surface area contributed by atoms with Gasteiger partial charge in [-0.05, 0) is 24.6 Å². The molecule has 1 aliphatic heterocycles. The third-order valence-electron chi connectivity index (χ3n) is 4.51. The summed E-state index contributed by atoms with van der Waals surface area (Å²) < 4.78 is 1.61. The molecule has 1 unspecified atom stereocenters. The quantitative estimate of drug-likeness (QED) is 0.765. The normalized spacial score (nSPS) is 16.8.